The maximum absolute atomic E-state index is 12.9. The summed E-state index contributed by atoms with van der Waals surface area (Å²) in [4.78, 5) is 11.0. The van der Waals surface area contributed by atoms with Gasteiger partial charge in [0.2, 0.25) is 6.10 Å². The van der Waals surface area contributed by atoms with Crippen LogP contribution in [0.25, 0.3) is 0 Å². The van der Waals surface area contributed by atoms with Crippen LogP contribution in [0.5, 0.6) is 5.75 Å². The van der Waals surface area contributed by atoms with Gasteiger partial charge in [0.1, 0.15) is 11.7 Å². The number of hydrogen-bond donors (Lipinski definition) is 1. The summed E-state index contributed by atoms with van der Waals surface area (Å²) in [5.74, 6) is -3.52. The lowest BCUT2D eigenvalue weighted by Gasteiger charge is -2.26. The number of benzene rings is 1. The van der Waals surface area contributed by atoms with Crippen LogP contribution in [0.2, 0.25) is 0 Å². The Bertz CT molecular complexity index is 403. The third-order valence-corrected chi connectivity index (χ3v) is 2.64. The first-order valence-electron chi connectivity index (χ1n) is 5.87. The van der Waals surface area contributed by atoms with Crippen molar-refractivity contribution >= 4 is 5.97 Å². The van der Waals surface area contributed by atoms with E-state index in [9.17, 15) is 18.0 Å². The fourth-order valence-corrected chi connectivity index (χ4v) is 1.75. The first kappa shape index (κ1) is 15.3. The molecule has 0 saturated carbocycles. The zero-order valence-corrected chi connectivity index (χ0v) is 10.4. The van der Waals surface area contributed by atoms with Gasteiger partial charge in [0, 0.05) is 0 Å². The molecule has 0 aliphatic carbocycles. The molecule has 6 heteroatoms. The lowest BCUT2D eigenvalue weighted by Crippen LogP contribution is -2.43. The van der Waals surface area contributed by atoms with E-state index in [4.69, 9.17) is 9.84 Å². The van der Waals surface area contributed by atoms with Crippen LogP contribution in [0.4, 0.5) is 13.2 Å². The Morgan fingerprint density at radius 2 is 1.89 bits per heavy atom. The molecule has 1 aromatic carbocycles. The minimum absolute atomic E-state index is 0.111. The topological polar surface area (TPSA) is 46.5 Å². The summed E-state index contributed by atoms with van der Waals surface area (Å²) >= 11 is 0. The zero-order chi connectivity index (χ0) is 14.5. The molecule has 0 aliphatic rings. The highest BCUT2D eigenvalue weighted by Gasteiger charge is 2.48. The van der Waals surface area contributed by atoms with Gasteiger partial charge in [-0.15, -0.1) is 0 Å². The lowest BCUT2D eigenvalue weighted by molar-refractivity contribution is -0.205. The van der Waals surface area contributed by atoms with Crippen molar-refractivity contribution in [3.63, 3.8) is 0 Å². The van der Waals surface area contributed by atoms with E-state index in [1.807, 2.05) is 0 Å². The molecule has 1 N–H and O–H groups in total. The summed E-state index contributed by atoms with van der Waals surface area (Å²) in [6, 6.07) is 7.65. The summed E-state index contributed by atoms with van der Waals surface area (Å²) in [7, 11) is 0. The molecule has 1 rings (SSSR count). The molecule has 0 spiro atoms. The number of para-hydroxylation sites is 1. The Morgan fingerprint density at radius 3 is 2.32 bits per heavy atom. The third-order valence-electron chi connectivity index (χ3n) is 2.64. The van der Waals surface area contributed by atoms with Gasteiger partial charge in [-0.1, -0.05) is 31.5 Å². The fraction of sp³-hybridized carbons (Fsp3) is 0.462. The number of halogens is 3. The molecule has 0 saturated heterocycles. The summed E-state index contributed by atoms with van der Waals surface area (Å²) in [6.07, 6.45) is -6.59. The van der Waals surface area contributed by atoms with Crippen LogP contribution < -0.4 is 4.74 Å². The Morgan fingerprint density at radius 1 is 1.32 bits per heavy atom. The summed E-state index contributed by atoms with van der Waals surface area (Å²) < 4.78 is 43.6. The summed E-state index contributed by atoms with van der Waals surface area (Å²) in [5, 5.41) is 8.97. The molecule has 19 heavy (non-hydrogen) atoms. The van der Waals surface area contributed by atoms with Gasteiger partial charge in [0.15, 0.2) is 0 Å². The molecule has 2 unspecified atom stereocenters. The van der Waals surface area contributed by atoms with Crippen LogP contribution in [0.3, 0.4) is 0 Å². The van der Waals surface area contributed by atoms with E-state index < -0.39 is 24.2 Å². The van der Waals surface area contributed by atoms with Crippen molar-refractivity contribution < 1.29 is 27.8 Å². The fourth-order valence-electron chi connectivity index (χ4n) is 1.75. The number of rotatable bonds is 6. The molecule has 2 atom stereocenters. The first-order chi connectivity index (χ1) is 8.86. The number of hydrogen-bond acceptors (Lipinski definition) is 2. The smallest absolute Gasteiger partial charge is 0.395 e. The van der Waals surface area contributed by atoms with E-state index in [2.05, 4.69) is 0 Å². The second-order valence-electron chi connectivity index (χ2n) is 4.13. The van der Waals surface area contributed by atoms with Gasteiger partial charge in [-0.3, -0.25) is 0 Å². The highest BCUT2D eigenvalue weighted by Crippen LogP contribution is 2.34. The van der Waals surface area contributed by atoms with Gasteiger partial charge in [-0.2, -0.15) is 13.2 Å². The number of carboxylic acids is 1. The SMILES string of the molecule is CCCC(C(Oc1ccccc1)C(=O)O)C(F)(F)F. The highest BCUT2D eigenvalue weighted by atomic mass is 19.4. The van der Waals surface area contributed by atoms with E-state index in [-0.39, 0.29) is 18.6 Å². The lowest BCUT2D eigenvalue weighted by atomic mass is 9.96. The van der Waals surface area contributed by atoms with E-state index >= 15 is 0 Å². The van der Waals surface area contributed by atoms with Crippen molar-refractivity contribution in [2.75, 3.05) is 0 Å². The van der Waals surface area contributed by atoms with Crippen molar-refractivity contribution in [1.29, 1.82) is 0 Å². The van der Waals surface area contributed by atoms with Crippen LogP contribution in [0.15, 0.2) is 30.3 Å². The van der Waals surface area contributed by atoms with E-state index in [0.29, 0.717) is 0 Å². The normalized spacial score (nSPS) is 14.7. The second kappa shape index (κ2) is 6.45. The van der Waals surface area contributed by atoms with E-state index in [1.54, 1.807) is 25.1 Å². The van der Waals surface area contributed by atoms with Crippen molar-refractivity contribution in [3.05, 3.63) is 30.3 Å². The Labute approximate surface area is 109 Å². The third kappa shape index (κ3) is 4.46. The maximum Gasteiger partial charge on any atom is 0.395 e. The summed E-state index contributed by atoms with van der Waals surface area (Å²) in [6.45, 7) is 1.57. The van der Waals surface area contributed by atoms with Crippen LogP contribution in [-0.2, 0) is 4.79 Å². The average Bonchev–Trinajstić information content (AvgIpc) is 2.33. The molecular weight excluding hydrogens is 261 g/mol. The molecule has 0 radical (unpaired) electrons. The molecule has 0 fully saturated rings. The molecule has 0 bridgehead atoms. The Hall–Kier alpha value is -1.72. The van der Waals surface area contributed by atoms with Gasteiger partial charge in [-0.25, -0.2) is 4.79 Å². The predicted molar refractivity (Wildman–Crippen MR) is 62.9 cm³/mol. The molecule has 0 aliphatic heterocycles. The molecule has 0 heterocycles. The molecule has 1 aromatic rings. The van der Waals surface area contributed by atoms with Gasteiger partial charge in [0.25, 0.3) is 0 Å². The van der Waals surface area contributed by atoms with Crippen molar-refractivity contribution in [1.82, 2.24) is 0 Å². The van der Waals surface area contributed by atoms with Crippen LogP contribution in [0.1, 0.15) is 19.8 Å². The van der Waals surface area contributed by atoms with Gasteiger partial charge < -0.3 is 9.84 Å². The largest absolute Gasteiger partial charge is 0.478 e. The molecular formula is C13H15F3O3. The minimum atomic E-state index is -4.60. The van der Waals surface area contributed by atoms with Gasteiger partial charge in [-0.05, 0) is 18.6 Å². The van der Waals surface area contributed by atoms with Gasteiger partial charge in [0.05, 0.1) is 0 Å². The molecule has 0 aromatic heterocycles. The molecule has 3 nitrogen and oxygen atoms in total. The minimum Gasteiger partial charge on any atom is -0.478 e. The standard InChI is InChI=1S/C13H15F3O3/c1-2-6-10(13(14,15)16)11(12(17)18)19-9-7-4-3-5-8-9/h3-5,7-8,10-11H,2,6H2,1H3,(H,17,18). The number of carboxylic acid groups (broad SMARTS) is 1. The van der Waals surface area contributed by atoms with Gasteiger partial charge >= 0.3 is 12.1 Å². The average molecular weight is 276 g/mol. The van der Waals surface area contributed by atoms with Crippen LogP contribution in [0, 0.1) is 5.92 Å². The molecule has 0 amide bonds. The Balaban J connectivity index is 2.95. The van der Waals surface area contributed by atoms with Crippen molar-refractivity contribution in [2.24, 2.45) is 5.92 Å². The number of ether oxygens (including phenoxy) is 1. The van der Waals surface area contributed by atoms with Crippen molar-refractivity contribution in [2.45, 2.75) is 32.0 Å². The van der Waals surface area contributed by atoms with Crippen LogP contribution in [-0.4, -0.2) is 23.4 Å². The zero-order valence-electron chi connectivity index (χ0n) is 10.4. The van der Waals surface area contributed by atoms with Crippen molar-refractivity contribution in [3.8, 4) is 5.75 Å². The van der Waals surface area contributed by atoms with E-state index in [1.165, 1.54) is 12.1 Å². The first-order valence-corrected chi connectivity index (χ1v) is 5.87. The molecule has 106 valence electrons. The second-order valence-corrected chi connectivity index (χ2v) is 4.13. The maximum atomic E-state index is 12.9. The highest BCUT2D eigenvalue weighted by molar-refractivity contribution is 5.73. The Kier molecular flexibility index (Phi) is 5.20. The number of aliphatic carboxylic acids is 1. The van der Waals surface area contributed by atoms with Crippen LogP contribution >= 0.6 is 0 Å². The predicted octanol–water partition coefficient (Wildman–Crippen LogP) is 3.50. The summed E-state index contributed by atoms with van der Waals surface area (Å²) in [5.41, 5.74) is 0. The monoisotopic (exact) mass is 276 g/mol. The quantitative estimate of drug-likeness (QED) is 0.865. The number of alkyl halides is 3. The van der Waals surface area contributed by atoms with E-state index in [0.717, 1.165) is 0 Å². The number of carbonyl (C=O) groups is 1.